The Bertz CT molecular complexity index is 957. The fourth-order valence-corrected chi connectivity index (χ4v) is 5.50. The third kappa shape index (κ3) is 4.09. The molecule has 0 saturated carbocycles. The van der Waals surface area contributed by atoms with E-state index in [1.807, 2.05) is 10.7 Å². The van der Waals surface area contributed by atoms with E-state index in [-0.39, 0.29) is 11.7 Å². The zero-order valence-corrected chi connectivity index (χ0v) is 17.1. The fourth-order valence-electron chi connectivity index (χ4n) is 3.78. The molecule has 4 rings (SSSR count). The minimum Gasteiger partial charge on any atom is -0.335 e. The highest BCUT2D eigenvalue weighted by molar-refractivity contribution is 7.88. The van der Waals surface area contributed by atoms with Crippen LogP contribution in [0.4, 0.5) is 0 Å². The molecule has 150 valence electrons. The summed E-state index contributed by atoms with van der Waals surface area (Å²) in [4.78, 5) is 14.5. The minimum absolute atomic E-state index is 0.0880. The molecule has 2 aliphatic rings. The number of hydrogen-bond donors (Lipinski definition) is 0. The van der Waals surface area contributed by atoms with Crippen molar-refractivity contribution in [2.45, 2.75) is 31.6 Å². The summed E-state index contributed by atoms with van der Waals surface area (Å²) < 4.78 is 28.8. The standard InChI is InChI=1S/C19H23ClN4O3S/c20-16-5-3-4-15(12-16)14-28(26,27)23-10-8-22(9-11-23)19(25)18-13-17-6-1-2-7-24(17)21-18/h3-5,12-13H,1-2,6-11,14H2. The van der Waals surface area contributed by atoms with Gasteiger partial charge in [0, 0.05) is 43.4 Å². The number of carbonyl (C=O) groups excluding carboxylic acids is 1. The third-order valence-corrected chi connectivity index (χ3v) is 7.38. The molecule has 3 heterocycles. The van der Waals surface area contributed by atoms with E-state index < -0.39 is 10.0 Å². The zero-order valence-electron chi connectivity index (χ0n) is 15.6. The number of halogens is 1. The van der Waals surface area contributed by atoms with Crippen LogP contribution in [0.2, 0.25) is 5.02 Å². The quantitative estimate of drug-likeness (QED) is 0.756. The average molecular weight is 423 g/mol. The Labute approximate surface area is 169 Å². The van der Waals surface area contributed by atoms with Crippen molar-refractivity contribution in [3.63, 3.8) is 0 Å². The SMILES string of the molecule is O=C(c1cc2n(n1)CCCC2)N1CCN(S(=O)(=O)Cc2cccc(Cl)c2)CC1. The lowest BCUT2D eigenvalue weighted by atomic mass is 10.1. The average Bonchev–Trinajstić information content (AvgIpc) is 3.11. The predicted octanol–water partition coefficient (Wildman–Crippen LogP) is 2.16. The van der Waals surface area contributed by atoms with Crippen molar-refractivity contribution in [3.8, 4) is 0 Å². The van der Waals surface area contributed by atoms with Crippen molar-refractivity contribution in [1.82, 2.24) is 19.0 Å². The summed E-state index contributed by atoms with van der Waals surface area (Å²) in [7, 11) is -3.45. The van der Waals surface area contributed by atoms with E-state index in [2.05, 4.69) is 5.10 Å². The molecule has 0 N–H and O–H groups in total. The van der Waals surface area contributed by atoms with Gasteiger partial charge in [-0.1, -0.05) is 23.7 Å². The van der Waals surface area contributed by atoms with Gasteiger partial charge in [0.15, 0.2) is 5.69 Å². The summed E-state index contributed by atoms with van der Waals surface area (Å²) in [6.07, 6.45) is 3.17. The van der Waals surface area contributed by atoms with Crippen LogP contribution < -0.4 is 0 Å². The van der Waals surface area contributed by atoms with Gasteiger partial charge in [-0.2, -0.15) is 9.40 Å². The summed E-state index contributed by atoms with van der Waals surface area (Å²) in [5.74, 6) is -0.205. The van der Waals surface area contributed by atoms with Crippen LogP contribution in [0.3, 0.4) is 0 Å². The van der Waals surface area contributed by atoms with Crippen LogP contribution in [0.25, 0.3) is 0 Å². The van der Waals surface area contributed by atoms with Gasteiger partial charge in [0.1, 0.15) is 0 Å². The molecule has 0 atom stereocenters. The Hall–Kier alpha value is -1.90. The Kier molecular flexibility index (Phi) is 5.44. The second-order valence-corrected chi connectivity index (χ2v) is 9.68. The second kappa shape index (κ2) is 7.85. The summed E-state index contributed by atoms with van der Waals surface area (Å²) in [6.45, 7) is 2.19. The van der Waals surface area contributed by atoms with Gasteiger partial charge in [0.2, 0.25) is 10.0 Å². The van der Waals surface area contributed by atoms with Gasteiger partial charge in [0.05, 0.1) is 5.75 Å². The molecule has 28 heavy (non-hydrogen) atoms. The first-order valence-electron chi connectivity index (χ1n) is 9.51. The van der Waals surface area contributed by atoms with Crippen molar-refractivity contribution in [2.75, 3.05) is 26.2 Å². The molecule has 0 aliphatic carbocycles. The highest BCUT2D eigenvalue weighted by atomic mass is 35.5. The van der Waals surface area contributed by atoms with Gasteiger partial charge >= 0.3 is 0 Å². The largest absolute Gasteiger partial charge is 0.335 e. The number of sulfonamides is 1. The lowest BCUT2D eigenvalue weighted by molar-refractivity contribution is 0.0691. The number of amides is 1. The highest BCUT2D eigenvalue weighted by Gasteiger charge is 2.30. The molecule has 0 spiro atoms. The lowest BCUT2D eigenvalue weighted by Crippen LogP contribution is -2.50. The lowest BCUT2D eigenvalue weighted by Gasteiger charge is -2.33. The number of aromatic nitrogens is 2. The van der Waals surface area contributed by atoms with Crippen molar-refractivity contribution in [3.05, 3.63) is 52.3 Å². The van der Waals surface area contributed by atoms with Gasteiger partial charge in [-0.05, 0) is 43.0 Å². The summed E-state index contributed by atoms with van der Waals surface area (Å²) in [5.41, 5.74) is 2.24. The van der Waals surface area contributed by atoms with Crippen molar-refractivity contribution in [2.24, 2.45) is 0 Å². The van der Waals surface area contributed by atoms with E-state index in [1.165, 1.54) is 4.31 Å². The molecule has 1 aromatic heterocycles. The van der Waals surface area contributed by atoms with E-state index in [1.54, 1.807) is 29.2 Å². The van der Waals surface area contributed by atoms with Crippen LogP contribution in [-0.4, -0.2) is 59.5 Å². The molecule has 9 heteroatoms. The maximum absolute atomic E-state index is 12.8. The van der Waals surface area contributed by atoms with E-state index in [4.69, 9.17) is 11.6 Å². The van der Waals surface area contributed by atoms with Crippen LogP contribution >= 0.6 is 11.6 Å². The number of aryl methyl sites for hydroxylation is 2. The first-order chi connectivity index (χ1) is 13.4. The molecule has 1 fully saturated rings. The zero-order chi connectivity index (χ0) is 19.7. The summed E-state index contributed by atoms with van der Waals surface area (Å²) in [6, 6.07) is 8.76. The molecule has 1 aromatic carbocycles. The maximum atomic E-state index is 12.8. The molecular weight excluding hydrogens is 400 g/mol. The third-order valence-electron chi connectivity index (χ3n) is 5.29. The fraction of sp³-hybridized carbons (Fsp3) is 0.474. The van der Waals surface area contributed by atoms with Crippen LogP contribution in [0.1, 0.15) is 34.6 Å². The van der Waals surface area contributed by atoms with E-state index in [0.29, 0.717) is 42.5 Å². The summed E-state index contributed by atoms with van der Waals surface area (Å²) in [5, 5.41) is 4.96. The molecule has 0 unspecified atom stereocenters. The molecule has 1 amide bonds. The molecule has 0 bridgehead atoms. The number of carbonyl (C=O) groups is 1. The molecule has 1 saturated heterocycles. The van der Waals surface area contributed by atoms with Crippen molar-refractivity contribution < 1.29 is 13.2 Å². The van der Waals surface area contributed by atoms with E-state index in [0.717, 1.165) is 31.5 Å². The van der Waals surface area contributed by atoms with E-state index >= 15 is 0 Å². The van der Waals surface area contributed by atoms with Crippen LogP contribution in [-0.2, 0) is 28.7 Å². The molecule has 7 nitrogen and oxygen atoms in total. The predicted molar refractivity (Wildman–Crippen MR) is 107 cm³/mol. The number of benzene rings is 1. The van der Waals surface area contributed by atoms with Crippen LogP contribution in [0.15, 0.2) is 30.3 Å². The Morgan fingerprint density at radius 3 is 2.57 bits per heavy atom. The molecule has 2 aromatic rings. The number of hydrogen-bond acceptors (Lipinski definition) is 4. The first kappa shape index (κ1) is 19.4. The van der Waals surface area contributed by atoms with Gasteiger partial charge < -0.3 is 4.90 Å². The van der Waals surface area contributed by atoms with Gasteiger partial charge in [0.25, 0.3) is 5.91 Å². The Morgan fingerprint density at radius 1 is 1.07 bits per heavy atom. The molecule has 2 aliphatic heterocycles. The smallest absolute Gasteiger partial charge is 0.274 e. The number of nitrogens with zero attached hydrogens (tertiary/aromatic N) is 4. The second-order valence-electron chi connectivity index (χ2n) is 7.28. The normalized spacial score (nSPS) is 18.1. The number of piperazine rings is 1. The Balaban J connectivity index is 1.38. The summed E-state index contributed by atoms with van der Waals surface area (Å²) >= 11 is 5.95. The Morgan fingerprint density at radius 2 is 1.86 bits per heavy atom. The van der Waals surface area contributed by atoms with Crippen LogP contribution in [0, 0.1) is 0 Å². The van der Waals surface area contributed by atoms with E-state index in [9.17, 15) is 13.2 Å². The van der Waals surface area contributed by atoms with Gasteiger partial charge in [-0.15, -0.1) is 0 Å². The monoisotopic (exact) mass is 422 g/mol. The maximum Gasteiger partial charge on any atom is 0.274 e. The van der Waals surface area contributed by atoms with Gasteiger partial charge in [-0.25, -0.2) is 8.42 Å². The number of fused-ring (bicyclic) bond motifs is 1. The van der Waals surface area contributed by atoms with Crippen molar-refractivity contribution in [1.29, 1.82) is 0 Å². The number of rotatable bonds is 4. The first-order valence-corrected chi connectivity index (χ1v) is 11.5. The van der Waals surface area contributed by atoms with Crippen molar-refractivity contribution >= 4 is 27.5 Å². The molecule has 0 radical (unpaired) electrons. The molecular formula is C19H23ClN4O3S. The van der Waals surface area contributed by atoms with Crippen LogP contribution in [0.5, 0.6) is 0 Å². The van der Waals surface area contributed by atoms with Gasteiger partial charge in [-0.3, -0.25) is 9.48 Å². The highest BCUT2D eigenvalue weighted by Crippen LogP contribution is 2.19. The minimum atomic E-state index is -3.45. The topological polar surface area (TPSA) is 75.5 Å².